The molecule has 2 unspecified atom stereocenters. The van der Waals surface area contributed by atoms with Gasteiger partial charge in [-0.05, 0) is 30.5 Å². The van der Waals surface area contributed by atoms with Crippen molar-refractivity contribution in [3.05, 3.63) is 77.9 Å². The Hall–Kier alpha value is -2.88. The summed E-state index contributed by atoms with van der Waals surface area (Å²) in [7, 11) is 0. The van der Waals surface area contributed by atoms with Crippen molar-refractivity contribution in [1.29, 1.82) is 0 Å². The van der Waals surface area contributed by atoms with Gasteiger partial charge in [0.2, 0.25) is 0 Å². The number of esters is 1. The predicted molar refractivity (Wildman–Crippen MR) is 92.3 cm³/mol. The fraction of sp³-hybridized carbons (Fsp3) is 0.200. The summed E-state index contributed by atoms with van der Waals surface area (Å²) in [6.45, 7) is 1.61. The number of aliphatic carboxylic acids is 1. The van der Waals surface area contributed by atoms with E-state index in [0.29, 0.717) is 6.42 Å². The van der Waals surface area contributed by atoms with Gasteiger partial charge in [-0.15, -0.1) is 0 Å². The molecule has 0 fully saturated rings. The molecule has 0 saturated heterocycles. The molecule has 0 radical (unpaired) electrons. The molecule has 0 saturated carbocycles. The monoisotopic (exact) mass is 324 g/mol. The van der Waals surface area contributed by atoms with Gasteiger partial charge in [0.15, 0.2) is 0 Å². The fourth-order valence-corrected chi connectivity index (χ4v) is 2.36. The Balaban J connectivity index is 1.97. The van der Waals surface area contributed by atoms with E-state index in [-0.39, 0.29) is 0 Å². The number of carboxylic acid groups (broad SMARTS) is 1. The van der Waals surface area contributed by atoms with E-state index in [1.54, 1.807) is 13.0 Å². The minimum absolute atomic E-state index is 0.313. The highest BCUT2D eigenvalue weighted by molar-refractivity contribution is 5.87. The van der Waals surface area contributed by atoms with E-state index >= 15 is 0 Å². The van der Waals surface area contributed by atoms with Crippen LogP contribution in [0.15, 0.2) is 66.7 Å². The zero-order valence-electron chi connectivity index (χ0n) is 13.5. The van der Waals surface area contributed by atoms with Crippen LogP contribution in [0.4, 0.5) is 0 Å². The Morgan fingerprint density at radius 2 is 1.62 bits per heavy atom. The molecular formula is C20H20O4. The number of carbonyl (C=O) groups excluding carboxylic acids is 1. The van der Waals surface area contributed by atoms with Crippen LogP contribution >= 0.6 is 0 Å². The number of hydrogen-bond acceptors (Lipinski definition) is 3. The summed E-state index contributed by atoms with van der Waals surface area (Å²) in [5.41, 5.74) is 1.77. The summed E-state index contributed by atoms with van der Waals surface area (Å²) in [5.74, 6) is -2.32. The highest BCUT2D eigenvalue weighted by Gasteiger charge is 2.27. The van der Waals surface area contributed by atoms with Gasteiger partial charge in [-0.1, -0.05) is 60.7 Å². The molecule has 4 heteroatoms. The van der Waals surface area contributed by atoms with Crippen LogP contribution in [0.1, 0.15) is 18.1 Å². The maximum absolute atomic E-state index is 11.9. The largest absolute Gasteiger partial charge is 0.481 e. The highest BCUT2D eigenvalue weighted by Crippen LogP contribution is 2.16. The van der Waals surface area contributed by atoms with Crippen LogP contribution in [0.2, 0.25) is 0 Å². The number of rotatable bonds is 7. The Bertz CT molecular complexity index is 692. The van der Waals surface area contributed by atoms with E-state index in [2.05, 4.69) is 0 Å². The molecular weight excluding hydrogens is 304 g/mol. The second kappa shape index (κ2) is 8.67. The van der Waals surface area contributed by atoms with Crippen LogP contribution < -0.4 is 0 Å². The van der Waals surface area contributed by atoms with Gasteiger partial charge < -0.3 is 9.84 Å². The van der Waals surface area contributed by atoms with Crippen LogP contribution in [0, 0.1) is 5.92 Å². The molecule has 0 amide bonds. The Morgan fingerprint density at radius 3 is 2.21 bits per heavy atom. The first kappa shape index (κ1) is 17.5. The normalized spacial score (nSPS) is 13.4. The molecule has 0 aromatic heterocycles. The molecule has 2 rings (SSSR count). The predicted octanol–water partition coefficient (Wildman–Crippen LogP) is 3.58. The Labute approximate surface area is 141 Å². The molecule has 0 aliphatic rings. The van der Waals surface area contributed by atoms with E-state index < -0.39 is 24.0 Å². The molecule has 0 heterocycles. The SMILES string of the molecule is CC(OC(=O)/C=C/c1ccccc1)C(Cc1ccccc1)C(=O)O. The molecule has 2 aromatic carbocycles. The Morgan fingerprint density at radius 1 is 1.04 bits per heavy atom. The summed E-state index contributed by atoms with van der Waals surface area (Å²) in [6, 6.07) is 18.7. The third-order valence-electron chi connectivity index (χ3n) is 3.70. The summed E-state index contributed by atoms with van der Waals surface area (Å²) >= 11 is 0. The van der Waals surface area contributed by atoms with Gasteiger partial charge in [0.05, 0.1) is 5.92 Å². The molecule has 0 spiro atoms. The minimum Gasteiger partial charge on any atom is -0.481 e. The maximum Gasteiger partial charge on any atom is 0.331 e. The number of ether oxygens (including phenoxy) is 1. The summed E-state index contributed by atoms with van der Waals surface area (Å²) < 4.78 is 5.26. The molecule has 0 aliphatic carbocycles. The Kier molecular flexibility index (Phi) is 6.32. The second-order valence-corrected chi connectivity index (χ2v) is 5.52. The average Bonchev–Trinajstić information content (AvgIpc) is 2.59. The average molecular weight is 324 g/mol. The molecule has 124 valence electrons. The van der Waals surface area contributed by atoms with Crippen molar-refractivity contribution in [2.24, 2.45) is 5.92 Å². The van der Waals surface area contributed by atoms with Crippen LogP contribution in [0.3, 0.4) is 0 Å². The number of carbonyl (C=O) groups is 2. The van der Waals surface area contributed by atoms with E-state index in [0.717, 1.165) is 11.1 Å². The van der Waals surface area contributed by atoms with Crippen molar-refractivity contribution in [3.8, 4) is 0 Å². The molecule has 0 aliphatic heterocycles. The first-order valence-corrected chi connectivity index (χ1v) is 7.76. The van der Waals surface area contributed by atoms with Crippen LogP contribution in [-0.4, -0.2) is 23.1 Å². The van der Waals surface area contributed by atoms with Gasteiger partial charge in [0.25, 0.3) is 0 Å². The molecule has 0 bridgehead atoms. The number of hydrogen-bond donors (Lipinski definition) is 1. The van der Waals surface area contributed by atoms with Crippen molar-refractivity contribution < 1.29 is 19.4 Å². The van der Waals surface area contributed by atoms with Crippen molar-refractivity contribution in [3.63, 3.8) is 0 Å². The summed E-state index contributed by atoms with van der Waals surface area (Å²) in [4.78, 5) is 23.4. The van der Waals surface area contributed by atoms with Gasteiger partial charge in [0.1, 0.15) is 6.10 Å². The van der Waals surface area contributed by atoms with Crippen molar-refractivity contribution in [1.82, 2.24) is 0 Å². The van der Waals surface area contributed by atoms with Gasteiger partial charge in [-0.25, -0.2) is 4.79 Å². The zero-order chi connectivity index (χ0) is 17.4. The van der Waals surface area contributed by atoms with Crippen molar-refractivity contribution in [2.75, 3.05) is 0 Å². The van der Waals surface area contributed by atoms with E-state index in [1.807, 2.05) is 60.7 Å². The van der Waals surface area contributed by atoms with E-state index in [9.17, 15) is 14.7 Å². The van der Waals surface area contributed by atoms with Gasteiger partial charge in [-0.3, -0.25) is 4.79 Å². The molecule has 2 atom stereocenters. The number of carboxylic acids is 1. The minimum atomic E-state index is -0.980. The third-order valence-corrected chi connectivity index (χ3v) is 3.70. The first-order chi connectivity index (χ1) is 11.6. The second-order valence-electron chi connectivity index (χ2n) is 5.52. The van der Waals surface area contributed by atoms with Crippen LogP contribution in [0.5, 0.6) is 0 Å². The number of benzene rings is 2. The smallest absolute Gasteiger partial charge is 0.331 e. The third kappa shape index (κ3) is 5.39. The molecule has 2 aromatic rings. The van der Waals surface area contributed by atoms with E-state index in [4.69, 9.17) is 4.74 Å². The quantitative estimate of drug-likeness (QED) is 0.624. The van der Waals surface area contributed by atoms with Crippen molar-refractivity contribution >= 4 is 18.0 Å². The maximum atomic E-state index is 11.9. The van der Waals surface area contributed by atoms with Crippen molar-refractivity contribution in [2.45, 2.75) is 19.4 Å². The van der Waals surface area contributed by atoms with Gasteiger partial charge in [-0.2, -0.15) is 0 Å². The summed E-state index contributed by atoms with van der Waals surface area (Å²) in [5, 5.41) is 9.42. The lowest BCUT2D eigenvalue weighted by atomic mass is 9.95. The first-order valence-electron chi connectivity index (χ1n) is 7.76. The van der Waals surface area contributed by atoms with Gasteiger partial charge in [0, 0.05) is 6.08 Å². The zero-order valence-corrected chi connectivity index (χ0v) is 13.5. The lowest BCUT2D eigenvalue weighted by Gasteiger charge is -2.20. The topological polar surface area (TPSA) is 63.6 Å². The lowest BCUT2D eigenvalue weighted by molar-refractivity contribution is -0.153. The van der Waals surface area contributed by atoms with Crippen LogP contribution in [-0.2, 0) is 20.7 Å². The lowest BCUT2D eigenvalue weighted by Crippen LogP contribution is -2.31. The summed E-state index contributed by atoms with van der Waals surface area (Å²) in [6.07, 6.45) is 2.54. The van der Waals surface area contributed by atoms with Gasteiger partial charge >= 0.3 is 11.9 Å². The fourth-order valence-electron chi connectivity index (χ4n) is 2.36. The standard InChI is InChI=1S/C20H20O4/c1-15(18(20(22)23)14-17-10-6-3-7-11-17)24-19(21)13-12-16-8-4-2-5-9-16/h2-13,15,18H,14H2,1H3,(H,22,23)/b13-12+. The highest BCUT2D eigenvalue weighted by atomic mass is 16.5. The molecule has 24 heavy (non-hydrogen) atoms. The molecule has 1 N–H and O–H groups in total. The van der Waals surface area contributed by atoms with Crippen LogP contribution in [0.25, 0.3) is 6.08 Å². The molecule has 4 nitrogen and oxygen atoms in total. The van der Waals surface area contributed by atoms with E-state index in [1.165, 1.54) is 6.08 Å².